The van der Waals surface area contributed by atoms with Crippen molar-refractivity contribution in [3.05, 3.63) is 52.5 Å². The summed E-state index contributed by atoms with van der Waals surface area (Å²) in [6, 6.07) is 12.3. The summed E-state index contributed by atoms with van der Waals surface area (Å²) < 4.78 is 38.2. The van der Waals surface area contributed by atoms with E-state index in [1.165, 1.54) is 0 Å². The molecule has 0 spiro atoms. The summed E-state index contributed by atoms with van der Waals surface area (Å²) in [6.07, 6.45) is -4.22. The Kier molecular flexibility index (Phi) is 5.02. The Balaban J connectivity index is 1.79. The zero-order chi connectivity index (χ0) is 21.6. The van der Waals surface area contributed by atoms with Gasteiger partial charge in [0.1, 0.15) is 6.07 Å². The average molecular weight is 435 g/mol. The van der Waals surface area contributed by atoms with E-state index in [0.29, 0.717) is 35.7 Å². The number of nitrogens with zero attached hydrogens (tertiary/aromatic N) is 3. The summed E-state index contributed by atoms with van der Waals surface area (Å²) in [5.74, 6) is -1.91. The fourth-order valence-corrected chi connectivity index (χ4v) is 4.66. The van der Waals surface area contributed by atoms with Crippen molar-refractivity contribution in [2.75, 3.05) is 23.4 Å². The highest BCUT2D eigenvalue weighted by Gasteiger charge is 2.42. The van der Waals surface area contributed by atoms with E-state index in [9.17, 15) is 23.2 Å². The summed E-state index contributed by atoms with van der Waals surface area (Å²) in [7, 11) is 1.85. The second-order valence-corrected chi connectivity index (χ2v) is 7.80. The van der Waals surface area contributed by atoms with Crippen molar-refractivity contribution in [2.45, 2.75) is 31.1 Å². The van der Waals surface area contributed by atoms with E-state index in [2.05, 4.69) is 16.3 Å². The number of para-hydroxylation sites is 1. The third-order valence-electron chi connectivity index (χ3n) is 5.71. The number of carbonyl (C=O) groups excluding carboxylic acids is 1. The van der Waals surface area contributed by atoms with Crippen molar-refractivity contribution in [3.8, 4) is 6.07 Å². The Morgan fingerprint density at radius 3 is 2.67 bits per heavy atom. The molecule has 0 aliphatic carbocycles. The first-order valence-electron chi connectivity index (χ1n) is 9.42. The van der Waals surface area contributed by atoms with Crippen molar-refractivity contribution in [1.29, 1.82) is 5.26 Å². The number of carbonyl (C=O) groups is 1. The number of hydrogen-bond acceptors (Lipinski definition) is 4. The molecule has 2 aliphatic rings. The molecule has 1 N–H and O–H groups in total. The van der Waals surface area contributed by atoms with Crippen LogP contribution in [0.4, 0.5) is 30.2 Å². The molecule has 2 aliphatic heterocycles. The largest absolute Gasteiger partial charge is 0.471 e. The van der Waals surface area contributed by atoms with Gasteiger partial charge in [0.2, 0.25) is 0 Å². The van der Waals surface area contributed by atoms with Gasteiger partial charge in [-0.1, -0.05) is 29.8 Å². The molecular weight excluding hydrogens is 417 g/mol. The molecule has 0 unspecified atom stereocenters. The minimum Gasteiger partial charge on any atom is -0.363 e. The second kappa shape index (κ2) is 7.40. The van der Waals surface area contributed by atoms with Crippen LogP contribution in [0.1, 0.15) is 30.0 Å². The van der Waals surface area contributed by atoms with Gasteiger partial charge in [0, 0.05) is 25.3 Å². The lowest BCUT2D eigenvalue weighted by molar-refractivity contribution is -0.174. The first-order valence-corrected chi connectivity index (χ1v) is 9.79. The molecule has 0 radical (unpaired) electrons. The van der Waals surface area contributed by atoms with Crippen molar-refractivity contribution >= 4 is 34.6 Å². The van der Waals surface area contributed by atoms with Crippen LogP contribution < -0.4 is 15.1 Å². The first kappa shape index (κ1) is 20.4. The smallest absolute Gasteiger partial charge is 0.363 e. The topological polar surface area (TPSA) is 59.4 Å². The van der Waals surface area contributed by atoms with Crippen LogP contribution in [0.5, 0.6) is 0 Å². The van der Waals surface area contributed by atoms with Gasteiger partial charge in [0.05, 0.1) is 28.0 Å². The Bertz CT molecular complexity index is 1050. The van der Waals surface area contributed by atoms with Crippen LogP contribution in [0.25, 0.3) is 0 Å². The summed E-state index contributed by atoms with van der Waals surface area (Å²) in [6.45, 7) is 0.435. The molecule has 5 nitrogen and oxygen atoms in total. The number of nitrogens with one attached hydrogen (secondary N) is 1. The number of nitriles is 1. The Labute approximate surface area is 176 Å². The SMILES string of the molecule is CN1c2ccccc2[C@@H]2C[C@@H](NC(=O)C(F)(F)F)CCN2c2ccc(C#N)c(Cl)c21. The standard InChI is InChI=1S/C21H18ClF3N4O/c1-28-15-5-3-2-4-14(15)17-10-13(27-20(30)21(23,24)25)8-9-29(17)16-7-6-12(11-26)18(22)19(16)28/h2-7,13,17H,8-10H2,1H3,(H,27,30)/t13-,17-/m0/s1. The maximum Gasteiger partial charge on any atom is 0.471 e. The molecule has 0 aromatic heterocycles. The van der Waals surface area contributed by atoms with Crippen LogP contribution >= 0.6 is 11.6 Å². The normalized spacial score (nSPS) is 20.4. The number of piperidine rings is 1. The lowest BCUT2D eigenvalue weighted by Gasteiger charge is -2.41. The molecular formula is C21H18ClF3N4O. The van der Waals surface area contributed by atoms with Crippen molar-refractivity contribution in [3.63, 3.8) is 0 Å². The first-order chi connectivity index (χ1) is 14.2. The van der Waals surface area contributed by atoms with Crippen LogP contribution in [-0.2, 0) is 4.79 Å². The minimum absolute atomic E-state index is 0.249. The van der Waals surface area contributed by atoms with Gasteiger partial charge in [-0.2, -0.15) is 18.4 Å². The van der Waals surface area contributed by atoms with Gasteiger partial charge in [-0.3, -0.25) is 4.79 Å². The van der Waals surface area contributed by atoms with E-state index in [1.54, 1.807) is 6.07 Å². The number of benzene rings is 2. The lowest BCUT2D eigenvalue weighted by atomic mass is 9.90. The second-order valence-electron chi connectivity index (χ2n) is 7.43. The summed E-state index contributed by atoms with van der Waals surface area (Å²) in [5.41, 5.74) is 3.63. The van der Waals surface area contributed by atoms with Gasteiger partial charge < -0.3 is 15.1 Å². The van der Waals surface area contributed by atoms with Crippen molar-refractivity contribution in [1.82, 2.24) is 5.32 Å². The number of anilines is 3. The summed E-state index contributed by atoms with van der Waals surface area (Å²) >= 11 is 6.57. The van der Waals surface area contributed by atoms with E-state index in [1.807, 2.05) is 42.3 Å². The zero-order valence-electron chi connectivity index (χ0n) is 16.0. The van der Waals surface area contributed by atoms with Crippen LogP contribution in [0, 0.1) is 11.3 Å². The Morgan fingerprint density at radius 2 is 1.97 bits per heavy atom. The van der Waals surface area contributed by atoms with E-state index in [-0.39, 0.29) is 6.04 Å². The molecule has 2 aromatic rings. The monoisotopic (exact) mass is 434 g/mol. The molecule has 9 heteroatoms. The Hall–Kier alpha value is -2.92. The molecule has 2 atom stereocenters. The molecule has 0 saturated carbocycles. The Morgan fingerprint density at radius 1 is 1.23 bits per heavy atom. The van der Waals surface area contributed by atoms with Crippen LogP contribution in [0.15, 0.2) is 36.4 Å². The van der Waals surface area contributed by atoms with Gasteiger partial charge in [-0.15, -0.1) is 0 Å². The third-order valence-corrected chi connectivity index (χ3v) is 6.10. The fraction of sp³-hybridized carbons (Fsp3) is 0.333. The molecule has 156 valence electrons. The van der Waals surface area contributed by atoms with E-state index in [4.69, 9.17) is 11.6 Å². The molecule has 4 rings (SSSR count). The predicted molar refractivity (Wildman–Crippen MR) is 108 cm³/mol. The van der Waals surface area contributed by atoms with Crippen molar-refractivity contribution in [2.24, 2.45) is 0 Å². The molecule has 2 aromatic carbocycles. The van der Waals surface area contributed by atoms with Gasteiger partial charge in [0.25, 0.3) is 0 Å². The third kappa shape index (κ3) is 3.33. The molecule has 2 heterocycles. The maximum atomic E-state index is 12.7. The van der Waals surface area contributed by atoms with Gasteiger partial charge in [-0.25, -0.2) is 0 Å². The molecule has 30 heavy (non-hydrogen) atoms. The summed E-state index contributed by atoms with van der Waals surface area (Å²) in [5, 5.41) is 11.9. The number of fused-ring (bicyclic) bond motifs is 5. The van der Waals surface area contributed by atoms with Crippen LogP contribution in [0.2, 0.25) is 5.02 Å². The minimum atomic E-state index is -4.91. The predicted octanol–water partition coefficient (Wildman–Crippen LogP) is 4.68. The highest BCUT2D eigenvalue weighted by atomic mass is 35.5. The maximum absolute atomic E-state index is 12.7. The van der Waals surface area contributed by atoms with Crippen LogP contribution in [-0.4, -0.2) is 31.7 Å². The van der Waals surface area contributed by atoms with Crippen LogP contribution in [0.3, 0.4) is 0 Å². The van der Waals surface area contributed by atoms with Gasteiger partial charge in [-0.05, 0) is 36.6 Å². The molecule has 1 fully saturated rings. The fourth-order valence-electron chi connectivity index (χ4n) is 4.33. The number of hydrogen-bond donors (Lipinski definition) is 1. The quantitative estimate of drug-likeness (QED) is 0.708. The lowest BCUT2D eigenvalue weighted by Crippen LogP contribution is -2.49. The summed E-state index contributed by atoms with van der Waals surface area (Å²) in [4.78, 5) is 15.5. The molecule has 1 amide bonds. The van der Waals surface area contributed by atoms with Gasteiger partial charge in [0.15, 0.2) is 0 Å². The molecule has 1 saturated heterocycles. The molecule has 0 bridgehead atoms. The number of rotatable bonds is 1. The number of amides is 1. The van der Waals surface area contributed by atoms with E-state index < -0.39 is 18.1 Å². The van der Waals surface area contributed by atoms with Crippen molar-refractivity contribution < 1.29 is 18.0 Å². The van der Waals surface area contributed by atoms with E-state index >= 15 is 0 Å². The van der Waals surface area contributed by atoms with E-state index in [0.717, 1.165) is 16.9 Å². The highest BCUT2D eigenvalue weighted by Crippen LogP contribution is 2.50. The highest BCUT2D eigenvalue weighted by molar-refractivity contribution is 6.35. The van der Waals surface area contributed by atoms with Gasteiger partial charge >= 0.3 is 12.1 Å². The zero-order valence-corrected chi connectivity index (χ0v) is 16.8. The average Bonchev–Trinajstić information content (AvgIpc) is 2.82. The number of halogens is 4. The number of alkyl halides is 3.